The summed E-state index contributed by atoms with van der Waals surface area (Å²) in [6.07, 6.45) is 20.5. The van der Waals surface area contributed by atoms with E-state index in [0.29, 0.717) is 0 Å². The predicted octanol–water partition coefficient (Wildman–Crippen LogP) is 4.25. The van der Waals surface area contributed by atoms with E-state index in [1.165, 1.54) is 6.08 Å². The van der Waals surface area contributed by atoms with Crippen LogP contribution in [0.5, 0.6) is 0 Å². The van der Waals surface area contributed by atoms with Crippen LogP contribution in [0, 0.1) is 0 Å². The Morgan fingerprint density at radius 2 is 1.36 bits per heavy atom. The molecule has 140 valence electrons. The number of carboxylic acids is 2. The van der Waals surface area contributed by atoms with Crippen LogP contribution in [0.25, 0.3) is 0 Å². The fraction of sp³-hybridized carbons (Fsp3) is 0.500. The van der Waals surface area contributed by atoms with Crippen LogP contribution in [-0.4, -0.2) is 33.4 Å². The van der Waals surface area contributed by atoms with Gasteiger partial charge in [-0.3, -0.25) is 4.79 Å². The molecule has 5 heteroatoms. The molecule has 0 radical (unpaired) electrons. The molecule has 3 N–H and O–H groups in total. The van der Waals surface area contributed by atoms with E-state index >= 15 is 0 Å². The molecule has 0 bridgehead atoms. The number of aliphatic hydroxyl groups excluding tert-OH is 1. The van der Waals surface area contributed by atoms with E-state index in [1.807, 2.05) is 24.3 Å². The van der Waals surface area contributed by atoms with Gasteiger partial charge in [0, 0.05) is 12.5 Å². The van der Waals surface area contributed by atoms with Gasteiger partial charge in [-0.1, -0.05) is 68.2 Å². The number of unbranched alkanes of at least 4 members (excludes halogenated alkanes) is 4. The van der Waals surface area contributed by atoms with Gasteiger partial charge in [-0.15, -0.1) is 0 Å². The summed E-state index contributed by atoms with van der Waals surface area (Å²) in [5, 5.41) is 26.8. The summed E-state index contributed by atoms with van der Waals surface area (Å²) in [5.41, 5.74) is 0. The number of carboxylic acid groups (broad SMARTS) is 2. The first-order valence-electron chi connectivity index (χ1n) is 8.81. The molecule has 0 saturated carbocycles. The summed E-state index contributed by atoms with van der Waals surface area (Å²) in [5.74, 6) is -1.70. The Balaban J connectivity index is 3.54. The third kappa shape index (κ3) is 19.8. The van der Waals surface area contributed by atoms with E-state index in [4.69, 9.17) is 10.2 Å². The van der Waals surface area contributed by atoms with Crippen molar-refractivity contribution in [2.75, 3.05) is 0 Å². The maximum absolute atomic E-state index is 10.4. The van der Waals surface area contributed by atoms with E-state index in [-0.39, 0.29) is 12.5 Å². The smallest absolute Gasteiger partial charge is 0.328 e. The molecule has 25 heavy (non-hydrogen) atoms. The van der Waals surface area contributed by atoms with Crippen LogP contribution in [-0.2, 0) is 9.59 Å². The quantitative estimate of drug-likeness (QED) is 0.233. The zero-order chi connectivity index (χ0) is 18.8. The molecule has 0 heterocycles. The summed E-state index contributed by atoms with van der Waals surface area (Å²) in [4.78, 5) is 20.6. The van der Waals surface area contributed by atoms with Crippen LogP contribution in [0.3, 0.4) is 0 Å². The van der Waals surface area contributed by atoms with E-state index in [9.17, 15) is 14.7 Å². The van der Waals surface area contributed by atoms with E-state index < -0.39 is 11.9 Å². The second kappa shape index (κ2) is 16.7. The Morgan fingerprint density at radius 1 is 0.760 bits per heavy atom. The third-order valence-electron chi connectivity index (χ3n) is 3.52. The topological polar surface area (TPSA) is 94.8 Å². The minimum absolute atomic E-state index is 0.248. The monoisotopic (exact) mass is 350 g/mol. The first kappa shape index (κ1) is 22.9. The van der Waals surface area contributed by atoms with Crippen molar-refractivity contribution in [2.24, 2.45) is 0 Å². The number of carbonyl (C=O) groups is 2. The molecular weight excluding hydrogens is 320 g/mol. The van der Waals surface area contributed by atoms with Crippen molar-refractivity contribution in [3.63, 3.8) is 0 Å². The molecule has 1 atom stereocenters. The molecule has 5 nitrogen and oxygen atoms in total. The summed E-state index contributed by atoms with van der Waals surface area (Å²) < 4.78 is 0. The number of allylic oxidation sites excluding steroid dienone is 7. The maximum Gasteiger partial charge on any atom is 0.328 e. The average Bonchev–Trinajstić information content (AvgIpc) is 2.55. The highest BCUT2D eigenvalue weighted by Crippen LogP contribution is 2.11. The van der Waals surface area contributed by atoms with Crippen molar-refractivity contribution < 1.29 is 24.9 Å². The van der Waals surface area contributed by atoms with Crippen LogP contribution in [0.2, 0.25) is 0 Å². The highest BCUT2D eigenvalue weighted by Gasteiger charge is 2.02. The molecule has 0 saturated heterocycles. The third-order valence-corrected chi connectivity index (χ3v) is 3.52. The molecule has 0 aliphatic heterocycles. The number of hydrogen-bond acceptors (Lipinski definition) is 3. The first-order chi connectivity index (χ1) is 12.0. The van der Waals surface area contributed by atoms with Gasteiger partial charge in [-0.05, 0) is 25.7 Å². The lowest BCUT2D eigenvalue weighted by Gasteiger charge is -2.08. The fourth-order valence-corrected chi connectivity index (χ4v) is 2.19. The Labute approximate surface area is 150 Å². The van der Waals surface area contributed by atoms with Crippen molar-refractivity contribution >= 4 is 11.9 Å². The van der Waals surface area contributed by atoms with Crippen LogP contribution in [0.15, 0.2) is 48.6 Å². The zero-order valence-corrected chi connectivity index (χ0v) is 14.7. The second-order valence-electron chi connectivity index (χ2n) is 5.83. The van der Waals surface area contributed by atoms with Crippen molar-refractivity contribution in [1.82, 2.24) is 0 Å². The molecule has 0 rings (SSSR count). The molecule has 0 aliphatic rings. The van der Waals surface area contributed by atoms with Gasteiger partial charge in [0.2, 0.25) is 0 Å². The second-order valence-corrected chi connectivity index (χ2v) is 5.83. The summed E-state index contributed by atoms with van der Waals surface area (Å²) in [6, 6.07) is 0. The number of hydrogen-bond donors (Lipinski definition) is 3. The van der Waals surface area contributed by atoms with Gasteiger partial charge >= 0.3 is 11.9 Å². The lowest BCUT2D eigenvalue weighted by molar-refractivity contribution is -0.137. The minimum Gasteiger partial charge on any atom is -0.481 e. The van der Waals surface area contributed by atoms with Crippen LogP contribution in [0.1, 0.15) is 57.8 Å². The number of aliphatic hydroxyl groups is 1. The highest BCUT2D eigenvalue weighted by atomic mass is 16.4. The van der Waals surface area contributed by atoms with E-state index in [2.05, 4.69) is 0 Å². The Bertz CT molecular complexity index is 474. The van der Waals surface area contributed by atoms with Crippen LogP contribution >= 0.6 is 0 Å². The number of rotatable bonds is 15. The standard InChI is InChI=1S/C20H30O5/c21-18(15-11-7-5-9-13-17-20(24)25)14-10-6-3-1-2-4-8-12-16-19(22)23/h1-4,6,8,12,16,18,21H,5,7,9-11,13-15,17H2,(H,22,23)(H,24,25)/t18-/m1/s1. The summed E-state index contributed by atoms with van der Waals surface area (Å²) >= 11 is 0. The Hall–Kier alpha value is -2.14. The van der Waals surface area contributed by atoms with Gasteiger partial charge in [0.25, 0.3) is 0 Å². The van der Waals surface area contributed by atoms with E-state index in [0.717, 1.165) is 57.4 Å². The van der Waals surface area contributed by atoms with Crippen molar-refractivity contribution in [3.8, 4) is 0 Å². The normalized spacial score (nSPS) is 13.5. The largest absolute Gasteiger partial charge is 0.481 e. The van der Waals surface area contributed by atoms with Gasteiger partial charge < -0.3 is 15.3 Å². The van der Waals surface area contributed by atoms with Gasteiger partial charge in [0.1, 0.15) is 0 Å². The molecule has 0 aromatic rings. The van der Waals surface area contributed by atoms with Gasteiger partial charge in [-0.25, -0.2) is 4.79 Å². The molecule has 0 aromatic carbocycles. The first-order valence-corrected chi connectivity index (χ1v) is 8.81. The zero-order valence-electron chi connectivity index (χ0n) is 14.7. The van der Waals surface area contributed by atoms with Crippen molar-refractivity contribution in [3.05, 3.63) is 48.6 Å². The molecule has 0 unspecified atom stereocenters. The number of aliphatic carboxylic acids is 2. The summed E-state index contributed by atoms with van der Waals surface area (Å²) in [6.45, 7) is 0. The molecule has 0 amide bonds. The molecular formula is C20H30O5. The van der Waals surface area contributed by atoms with Crippen molar-refractivity contribution in [1.29, 1.82) is 0 Å². The molecule has 0 fully saturated rings. The molecule has 0 aromatic heterocycles. The highest BCUT2D eigenvalue weighted by molar-refractivity contribution is 5.80. The van der Waals surface area contributed by atoms with Crippen molar-refractivity contribution in [2.45, 2.75) is 63.9 Å². The molecule has 0 aliphatic carbocycles. The summed E-state index contributed by atoms with van der Waals surface area (Å²) in [7, 11) is 0. The minimum atomic E-state index is -0.967. The van der Waals surface area contributed by atoms with E-state index in [1.54, 1.807) is 12.2 Å². The SMILES string of the molecule is O=C(O)C=CC=CC=CC=CCC[C@@H](O)CCCCCCCC(=O)O. The Morgan fingerprint density at radius 3 is 2.04 bits per heavy atom. The van der Waals surface area contributed by atoms with Crippen LogP contribution in [0.4, 0.5) is 0 Å². The van der Waals surface area contributed by atoms with Crippen LogP contribution < -0.4 is 0 Å². The fourth-order valence-electron chi connectivity index (χ4n) is 2.19. The Kier molecular flexibility index (Phi) is 15.3. The van der Waals surface area contributed by atoms with Gasteiger partial charge in [0.05, 0.1) is 6.10 Å². The lowest BCUT2D eigenvalue weighted by Crippen LogP contribution is -2.05. The average molecular weight is 350 g/mol. The maximum atomic E-state index is 10.4. The lowest BCUT2D eigenvalue weighted by atomic mass is 10.0. The van der Waals surface area contributed by atoms with Gasteiger partial charge in [-0.2, -0.15) is 0 Å². The molecule has 0 spiro atoms. The van der Waals surface area contributed by atoms with Gasteiger partial charge in [0.15, 0.2) is 0 Å². The predicted molar refractivity (Wildman–Crippen MR) is 99.4 cm³/mol.